The van der Waals surface area contributed by atoms with Gasteiger partial charge in [-0.15, -0.1) is 0 Å². The number of nitrogens with one attached hydrogen (secondary N) is 1. The number of aryl methyl sites for hydroxylation is 1. The lowest BCUT2D eigenvalue weighted by atomic mass is 10.1. The van der Waals surface area contributed by atoms with Gasteiger partial charge in [0.2, 0.25) is 11.8 Å². The van der Waals surface area contributed by atoms with Crippen LogP contribution in [0.15, 0.2) is 34.9 Å². The zero-order valence-corrected chi connectivity index (χ0v) is 14.3. The van der Waals surface area contributed by atoms with Crippen LogP contribution in [0.5, 0.6) is 0 Å². The van der Waals surface area contributed by atoms with E-state index >= 15 is 0 Å². The Labute approximate surface area is 146 Å². The minimum Gasteiger partial charge on any atom is -0.343 e. The summed E-state index contributed by atoms with van der Waals surface area (Å²) in [6.07, 6.45) is 3.81. The predicted molar refractivity (Wildman–Crippen MR) is 90.7 cm³/mol. The highest BCUT2D eigenvalue weighted by atomic mass is 16.5. The Morgan fingerprint density at radius 3 is 2.76 bits per heavy atom. The molecule has 2 aromatic rings. The second kappa shape index (κ2) is 7.92. The Morgan fingerprint density at radius 2 is 2.04 bits per heavy atom. The number of likely N-dealkylation sites (tertiary alicyclic amines) is 1. The zero-order chi connectivity index (χ0) is 17.6. The van der Waals surface area contributed by atoms with Gasteiger partial charge < -0.3 is 14.7 Å². The molecule has 7 heteroatoms. The molecule has 0 radical (unpaired) electrons. The van der Waals surface area contributed by atoms with Crippen molar-refractivity contribution in [2.75, 3.05) is 13.1 Å². The molecule has 0 unspecified atom stereocenters. The third kappa shape index (κ3) is 4.23. The number of hydrogen-bond donors (Lipinski definition) is 1. The number of carbonyl (C=O) groups excluding carboxylic acids is 2. The van der Waals surface area contributed by atoms with Gasteiger partial charge in [-0.05, 0) is 25.0 Å². The molecule has 0 bridgehead atoms. The van der Waals surface area contributed by atoms with Gasteiger partial charge in [0.05, 0.1) is 12.6 Å². The smallest absolute Gasteiger partial charge is 0.251 e. The molecule has 25 heavy (non-hydrogen) atoms. The minimum atomic E-state index is -0.254. The van der Waals surface area contributed by atoms with Crippen LogP contribution in [0.1, 0.15) is 53.8 Å². The SMILES string of the molecule is Cc1nc([C@H]2CCCCCN2C(=O)CNC(=O)c2ccccc2)no1. The number of aromatic nitrogens is 2. The average Bonchev–Trinajstić information content (AvgIpc) is 2.92. The number of benzene rings is 1. The number of amides is 2. The molecule has 7 nitrogen and oxygen atoms in total. The van der Waals surface area contributed by atoms with Crippen molar-refractivity contribution in [1.82, 2.24) is 20.4 Å². The standard InChI is InChI=1S/C18H22N4O3/c1-13-20-17(21-25-13)15-10-6-3-7-11-22(15)16(23)12-19-18(24)14-8-4-2-5-9-14/h2,4-5,8-9,15H,3,6-7,10-12H2,1H3,(H,19,24)/t15-/m1/s1. The van der Waals surface area contributed by atoms with Crippen LogP contribution in [0.3, 0.4) is 0 Å². The van der Waals surface area contributed by atoms with Gasteiger partial charge >= 0.3 is 0 Å². The zero-order valence-electron chi connectivity index (χ0n) is 14.3. The molecule has 1 aromatic carbocycles. The first-order valence-electron chi connectivity index (χ1n) is 8.58. The summed E-state index contributed by atoms with van der Waals surface area (Å²) in [6.45, 7) is 2.33. The predicted octanol–water partition coefficient (Wildman–Crippen LogP) is 2.25. The van der Waals surface area contributed by atoms with Crippen molar-refractivity contribution in [3.63, 3.8) is 0 Å². The maximum atomic E-state index is 12.7. The van der Waals surface area contributed by atoms with Gasteiger partial charge in [0, 0.05) is 19.0 Å². The topological polar surface area (TPSA) is 88.3 Å². The maximum Gasteiger partial charge on any atom is 0.251 e. The van der Waals surface area contributed by atoms with Crippen molar-refractivity contribution in [2.45, 2.75) is 38.6 Å². The molecular formula is C18H22N4O3. The van der Waals surface area contributed by atoms with Crippen LogP contribution in [0.2, 0.25) is 0 Å². The molecule has 1 fully saturated rings. The van der Waals surface area contributed by atoms with Gasteiger partial charge in [-0.1, -0.05) is 36.2 Å². The highest BCUT2D eigenvalue weighted by Gasteiger charge is 2.30. The second-order valence-corrected chi connectivity index (χ2v) is 6.17. The first-order chi connectivity index (χ1) is 12.1. The van der Waals surface area contributed by atoms with Crippen LogP contribution in [-0.2, 0) is 4.79 Å². The quantitative estimate of drug-likeness (QED) is 0.920. The summed E-state index contributed by atoms with van der Waals surface area (Å²) in [4.78, 5) is 30.9. The van der Waals surface area contributed by atoms with Crippen LogP contribution in [0.25, 0.3) is 0 Å². The van der Waals surface area contributed by atoms with E-state index in [0.717, 1.165) is 25.7 Å². The molecule has 2 amide bonds. The second-order valence-electron chi connectivity index (χ2n) is 6.17. The molecule has 1 aromatic heterocycles. The molecule has 1 aliphatic rings. The van der Waals surface area contributed by atoms with Gasteiger partial charge in [0.1, 0.15) is 0 Å². The molecule has 0 aliphatic carbocycles. The van der Waals surface area contributed by atoms with E-state index < -0.39 is 0 Å². The average molecular weight is 342 g/mol. The van der Waals surface area contributed by atoms with E-state index in [1.807, 2.05) is 6.07 Å². The van der Waals surface area contributed by atoms with Crippen molar-refractivity contribution in [2.24, 2.45) is 0 Å². The monoisotopic (exact) mass is 342 g/mol. The van der Waals surface area contributed by atoms with Crippen molar-refractivity contribution in [1.29, 1.82) is 0 Å². The number of carbonyl (C=O) groups is 2. The van der Waals surface area contributed by atoms with Gasteiger partial charge in [-0.2, -0.15) is 4.98 Å². The lowest BCUT2D eigenvalue weighted by Crippen LogP contribution is -2.42. The van der Waals surface area contributed by atoms with E-state index in [-0.39, 0.29) is 24.4 Å². The molecule has 3 rings (SSSR count). The Hall–Kier alpha value is -2.70. The molecular weight excluding hydrogens is 320 g/mol. The first kappa shape index (κ1) is 17.1. The Bertz CT molecular complexity index is 729. The highest BCUT2D eigenvalue weighted by molar-refractivity contribution is 5.96. The third-order valence-corrected chi connectivity index (χ3v) is 4.35. The Kier molecular flexibility index (Phi) is 5.42. The van der Waals surface area contributed by atoms with Gasteiger partial charge in [0.15, 0.2) is 5.82 Å². The summed E-state index contributed by atoms with van der Waals surface area (Å²) < 4.78 is 5.07. The summed E-state index contributed by atoms with van der Waals surface area (Å²) in [5.41, 5.74) is 0.538. The maximum absolute atomic E-state index is 12.7. The molecule has 1 aliphatic heterocycles. The molecule has 0 spiro atoms. The van der Waals surface area contributed by atoms with Crippen LogP contribution in [0, 0.1) is 6.92 Å². The largest absolute Gasteiger partial charge is 0.343 e. The fraction of sp³-hybridized carbons (Fsp3) is 0.444. The van der Waals surface area contributed by atoms with Crippen molar-refractivity contribution >= 4 is 11.8 Å². The molecule has 1 saturated heterocycles. The van der Waals surface area contributed by atoms with Gasteiger partial charge in [-0.25, -0.2) is 0 Å². The molecule has 132 valence electrons. The highest BCUT2D eigenvalue weighted by Crippen LogP contribution is 2.28. The van der Waals surface area contributed by atoms with Crippen molar-refractivity contribution in [3.05, 3.63) is 47.6 Å². The normalized spacial score (nSPS) is 17.8. The van der Waals surface area contributed by atoms with E-state index in [1.165, 1.54) is 0 Å². The van der Waals surface area contributed by atoms with Crippen LogP contribution in [-0.4, -0.2) is 39.9 Å². The lowest BCUT2D eigenvalue weighted by Gasteiger charge is -2.28. The van der Waals surface area contributed by atoms with E-state index in [4.69, 9.17) is 4.52 Å². The van der Waals surface area contributed by atoms with Gasteiger partial charge in [0.25, 0.3) is 5.91 Å². The minimum absolute atomic E-state index is 0.0406. The summed E-state index contributed by atoms with van der Waals surface area (Å²) in [6, 6.07) is 8.67. The van der Waals surface area contributed by atoms with Crippen LogP contribution < -0.4 is 5.32 Å². The summed E-state index contributed by atoms with van der Waals surface area (Å²) in [7, 11) is 0. The molecule has 2 heterocycles. The number of hydrogen-bond acceptors (Lipinski definition) is 5. The van der Waals surface area contributed by atoms with Crippen molar-refractivity contribution < 1.29 is 14.1 Å². The van der Waals surface area contributed by atoms with Gasteiger partial charge in [-0.3, -0.25) is 9.59 Å². The van der Waals surface area contributed by atoms with E-state index in [0.29, 0.717) is 23.8 Å². The molecule has 1 N–H and O–H groups in total. The van der Waals surface area contributed by atoms with E-state index in [2.05, 4.69) is 15.5 Å². The van der Waals surface area contributed by atoms with E-state index in [9.17, 15) is 9.59 Å². The third-order valence-electron chi connectivity index (χ3n) is 4.35. The Morgan fingerprint density at radius 1 is 1.24 bits per heavy atom. The number of rotatable bonds is 4. The summed E-state index contributed by atoms with van der Waals surface area (Å²) in [5.74, 6) is 0.653. The van der Waals surface area contributed by atoms with Crippen LogP contribution >= 0.6 is 0 Å². The fourth-order valence-electron chi connectivity index (χ4n) is 3.07. The van der Waals surface area contributed by atoms with Crippen LogP contribution in [0.4, 0.5) is 0 Å². The molecule has 0 saturated carbocycles. The fourth-order valence-corrected chi connectivity index (χ4v) is 3.07. The Balaban J connectivity index is 1.66. The first-order valence-corrected chi connectivity index (χ1v) is 8.58. The van der Waals surface area contributed by atoms with Crippen molar-refractivity contribution in [3.8, 4) is 0 Å². The number of nitrogens with zero attached hydrogens (tertiary/aromatic N) is 3. The van der Waals surface area contributed by atoms with E-state index in [1.54, 1.807) is 36.1 Å². The lowest BCUT2D eigenvalue weighted by molar-refractivity contribution is -0.132. The molecule has 1 atom stereocenters. The summed E-state index contributed by atoms with van der Waals surface area (Å²) >= 11 is 0. The summed E-state index contributed by atoms with van der Waals surface area (Å²) in [5, 5.41) is 6.69.